The molecule has 0 aliphatic carbocycles. The van der Waals surface area contributed by atoms with E-state index in [0.29, 0.717) is 12.8 Å². The van der Waals surface area contributed by atoms with Crippen molar-refractivity contribution in [3.05, 3.63) is 44.8 Å². The van der Waals surface area contributed by atoms with Crippen molar-refractivity contribution in [2.45, 2.75) is 49.6 Å². The fourth-order valence-electron chi connectivity index (χ4n) is 4.56. The number of hydrogen-bond acceptors (Lipinski definition) is 7. The average Bonchev–Trinajstić information content (AvgIpc) is 3.52. The molecule has 4 atom stereocenters. The quantitative estimate of drug-likeness (QED) is 0.342. The second-order valence-electron chi connectivity index (χ2n) is 9.27. The highest BCUT2D eigenvalue weighted by molar-refractivity contribution is 7.10. The molecule has 5 nitrogen and oxygen atoms in total. The van der Waals surface area contributed by atoms with E-state index in [1.165, 1.54) is 32.5 Å². The Bertz CT molecular complexity index is 858. The maximum absolute atomic E-state index is 13.9. The standard InChI is InChI=1S/C24H30F6N2O3S2.ClH/c25-23(26,27)21(15-31-5-7-33-17(13-31)11-19-3-1-9-36-19)35-22(24(28,29)30)16-32-6-8-34-18(14-32)12-20-4-2-10-37-20;/h1-4,9-10,17-18,21-22H,5-8,11-16H2;1H/t17-,18-,21+,22+;/m1./s1. The fourth-order valence-corrected chi connectivity index (χ4v) is 6.10. The number of alkyl halides is 6. The van der Waals surface area contributed by atoms with Crippen LogP contribution in [0.2, 0.25) is 0 Å². The van der Waals surface area contributed by atoms with Crippen LogP contribution in [0, 0.1) is 0 Å². The molecule has 2 aromatic heterocycles. The monoisotopic (exact) mass is 608 g/mol. The van der Waals surface area contributed by atoms with Crippen molar-refractivity contribution >= 4 is 35.1 Å². The van der Waals surface area contributed by atoms with Crippen molar-refractivity contribution in [2.24, 2.45) is 0 Å². The molecule has 0 bridgehead atoms. The molecule has 0 unspecified atom stereocenters. The summed E-state index contributed by atoms with van der Waals surface area (Å²) < 4.78 is 99.6. The molecule has 0 N–H and O–H groups in total. The van der Waals surface area contributed by atoms with Gasteiger partial charge in [-0.15, -0.1) is 35.1 Å². The summed E-state index contributed by atoms with van der Waals surface area (Å²) in [4.78, 5) is 5.05. The molecule has 4 rings (SSSR count). The highest BCUT2D eigenvalue weighted by Gasteiger charge is 2.50. The molecule has 14 heteroatoms. The lowest BCUT2D eigenvalue weighted by molar-refractivity contribution is -0.292. The summed E-state index contributed by atoms with van der Waals surface area (Å²) >= 11 is 3.05. The van der Waals surface area contributed by atoms with Gasteiger partial charge in [0.2, 0.25) is 0 Å². The Balaban J connectivity index is 0.00000400. The third-order valence-electron chi connectivity index (χ3n) is 6.37. The lowest BCUT2D eigenvalue weighted by atomic mass is 10.1. The molecule has 2 aliphatic heterocycles. The third kappa shape index (κ3) is 9.61. The molecule has 216 valence electrons. The topological polar surface area (TPSA) is 34.2 Å². The van der Waals surface area contributed by atoms with Gasteiger partial charge in [-0.2, -0.15) is 26.3 Å². The maximum Gasteiger partial charge on any atom is 0.415 e. The van der Waals surface area contributed by atoms with E-state index in [4.69, 9.17) is 14.2 Å². The first-order valence-corrected chi connectivity index (χ1v) is 13.8. The predicted molar refractivity (Wildman–Crippen MR) is 136 cm³/mol. The van der Waals surface area contributed by atoms with Gasteiger partial charge in [0.25, 0.3) is 0 Å². The van der Waals surface area contributed by atoms with Gasteiger partial charge in [0.15, 0.2) is 12.2 Å². The van der Waals surface area contributed by atoms with Crippen LogP contribution in [-0.4, -0.2) is 99.1 Å². The smallest absolute Gasteiger partial charge is 0.375 e. The van der Waals surface area contributed by atoms with Gasteiger partial charge in [0, 0.05) is 61.9 Å². The van der Waals surface area contributed by atoms with E-state index in [1.807, 2.05) is 35.0 Å². The molecule has 0 saturated carbocycles. The molecule has 2 saturated heterocycles. The average molecular weight is 609 g/mol. The normalized spacial score (nSPS) is 23.6. The summed E-state index contributed by atoms with van der Waals surface area (Å²) in [7, 11) is 0. The van der Waals surface area contributed by atoms with E-state index in [9.17, 15) is 26.3 Å². The van der Waals surface area contributed by atoms with E-state index in [1.54, 1.807) is 0 Å². The number of nitrogens with zero attached hydrogens (tertiary/aromatic N) is 2. The summed E-state index contributed by atoms with van der Waals surface area (Å²) in [5.41, 5.74) is 0. The first-order chi connectivity index (χ1) is 17.6. The molecule has 4 heterocycles. The van der Waals surface area contributed by atoms with Crippen molar-refractivity contribution in [1.29, 1.82) is 0 Å². The Hall–Kier alpha value is -0.930. The number of thiophene rings is 2. The van der Waals surface area contributed by atoms with Crippen LogP contribution in [0.1, 0.15) is 9.75 Å². The molecular formula is C24H31ClF6N2O3S2. The summed E-state index contributed by atoms with van der Waals surface area (Å²) in [5, 5.41) is 3.80. The molecule has 38 heavy (non-hydrogen) atoms. The van der Waals surface area contributed by atoms with Crippen LogP contribution in [0.25, 0.3) is 0 Å². The maximum atomic E-state index is 13.9. The van der Waals surface area contributed by atoms with Gasteiger partial charge in [-0.1, -0.05) is 12.1 Å². The van der Waals surface area contributed by atoms with E-state index in [0.717, 1.165) is 9.75 Å². The minimum absolute atomic E-state index is 0. The molecular weight excluding hydrogens is 578 g/mol. The van der Waals surface area contributed by atoms with Crippen LogP contribution in [-0.2, 0) is 27.1 Å². The van der Waals surface area contributed by atoms with Crippen molar-refractivity contribution < 1.29 is 40.6 Å². The highest BCUT2D eigenvalue weighted by atomic mass is 35.5. The molecule has 0 spiro atoms. The largest absolute Gasteiger partial charge is 0.415 e. The predicted octanol–water partition coefficient (Wildman–Crippen LogP) is 5.30. The number of rotatable bonds is 10. The summed E-state index contributed by atoms with van der Waals surface area (Å²) in [6.07, 6.45) is -14.6. The zero-order chi connectivity index (χ0) is 26.5. The van der Waals surface area contributed by atoms with Crippen LogP contribution in [0.15, 0.2) is 35.0 Å². The van der Waals surface area contributed by atoms with Gasteiger partial charge >= 0.3 is 12.4 Å². The second-order valence-corrected chi connectivity index (χ2v) is 11.3. The second kappa shape index (κ2) is 14.1. The van der Waals surface area contributed by atoms with E-state index in [2.05, 4.69) is 0 Å². The summed E-state index contributed by atoms with van der Waals surface area (Å²) in [6, 6.07) is 7.59. The zero-order valence-corrected chi connectivity index (χ0v) is 22.9. The lowest BCUT2D eigenvalue weighted by Crippen LogP contribution is -2.55. The minimum Gasteiger partial charge on any atom is -0.375 e. The van der Waals surface area contributed by atoms with Gasteiger partial charge in [-0.25, -0.2) is 0 Å². The van der Waals surface area contributed by atoms with E-state index >= 15 is 0 Å². The van der Waals surface area contributed by atoms with Crippen LogP contribution < -0.4 is 0 Å². The van der Waals surface area contributed by atoms with Crippen LogP contribution in [0.3, 0.4) is 0 Å². The van der Waals surface area contributed by atoms with Crippen LogP contribution >= 0.6 is 35.1 Å². The van der Waals surface area contributed by atoms with Crippen LogP contribution in [0.5, 0.6) is 0 Å². The summed E-state index contributed by atoms with van der Waals surface area (Å²) in [5.74, 6) is 0. The molecule has 0 aromatic carbocycles. The molecule has 0 radical (unpaired) electrons. The Kier molecular flexibility index (Phi) is 11.7. The summed E-state index contributed by atoms with van der Waals surface area (Å²) in [6.45, 7) is -0.153. The molecule has 2 aliphatic rings. The van der Waals surface area contributed by atoms with Crippen molar-refractivity contribution in [1.82, 2.24) is 9.80 Å². The molecule has 2 fully saturated rings. The van der Waals surface area contributed by atoms with E-state index < -0.39 is 37.7 Å². The number of halogens is 7. The van der Waals surface area contributed by atoms with E-state index in [-0.39, 0.29) is 64.0 Å². The molecule has 2 aromatic rings. The number of hydrogen-bond donors (Lipinski definition) is 0. The van der Waals surface area contributed by atoms with Crippen molar-refractivity contribution in [2.75, 3.05) is 52.5 Å². The zero-order valence-electron chi connectivity index (χ0n) is 20.5. The number of morpholine rings is 2. The first-order valence-electron chi connectivity index (χ1n) is 12.1. The third-order valence-corrected chi connectivity index (χ3v) is 8.17. The fraction of sp³-hybridized carbons (Fsp3) is 0.667. The Morgan fingerprint density at radius 2 is 1.21 bits per heavy atom. The van der Waals surface area contributed by atoms with Gasteiger partial charge in [-0.3, -0.25) is 9.80 Å². The Morgan fingerprint density at radius 1 is 0.789 bits per heavy atom. The van der Waals surface area contributed by atoms with Crippen molar-refractivity contribution in [3.63, 3.8) is 0 Å². The van der Waals surface area contributed by atoms with Gasteiger partial charge in [-0.05, 0) is 22.9 Å². The highest BCUT2D eigenvalue weighted by Crippen LogP contribution is 2.32. The first kappa shape index (κ1) is 31.6. The minimum atomic E-state index is -4.95. The van der Waals surface area contributed by atoms with Gasteiger partial charge in [0.05, 0.1) is 25.4 Å². The Labute approximate surface area is 232 Å². The number of ether oxygens (including phenoxy) is 3. The lowest BCUT2D eigenvalue weighted by Gasteiger charge is -2.38. The van der Waals surface area contributed by atoms with Gasteiger partial charge < -0.3 is 14.2 Å². The SMILES string of the molecule is Cl.FC(F)(F)[C@H](CN1CCO[C@H](Cc2cccs2)C1)O[C@@H](CN1CCO[C@H](Cc2cccs2)C1)C(F)(F)F. The van der Waals surface area contributed by atoms with Crippen LogP contribution in [0.4, 0.5) is 26.3 Å². The van der Waals surface area contributed by atoms with Crippen molar-refractivity contribution in [3.8, 4) is 0 Å². The molecule has 0 amide bonds. The Morgan fingerprint density at radius 3 is 1.55 bits per heavy atom. The van der Waals surface area contributed by atoms with Gasteiger partial charge in [0.1, 0.15) is 0 Å².